The van der Waals surface area contributed by atoms with E-state index in [4.69, 9.17) is 5.11 Å². The quantitative estimate of drug-likeness (QED) is 0.766. The molecule has 2 rings (SSSR count). The van der Waals surface area contributed by atoms with Crippen LogP contribution in [0.15, 0.2) is 0 Å². The molecule has 5 nitrogen and oxygen atoms in total. The topological polar surface area (TPSA) is 83.5 Å². The molecule has 2 saturated carbocycles. The minimum atomic E-state index is -3.18. The second-order valence-electron chi connectivity index (χ2n) is 4.76. The molecule has 0 aliphatic heterocycles. The average Bonchev–Trinajstić information content (AvgIpc) is 3.00. The monoisotopic (exact) mass is 247 g/mol. The normalized spacial score (nSPS) is 31.2. The van der Waals surface area contributed by atoms with Gasteiger partial charge in [-0.1, -0.05) is 6.42 Å². The van der Waals surface area contributed by atoms with Gasteiger partial charge in [-0.2, -0.15) is 0 Å². The van der Waals surface area contributed by atoms with E-state index in [0.29, 0.717) is 12.8 Å². The number of aliphatic carboxylic acids is 1. The van der Waals surface area contributed by atoms with Gasteiger partial charge in [0.1, 0.15) is 0 Å². The van der Waals surface area contributed by atoms with Crippen LogP contribution in [0.1, 0.15) is 38.5 Å². The Morgan fingerprint density at radius 1 is 1.19 bits per heavy atom. The molecule has 92 valence electrons. The fourth-order valence-corrected chi connectivity index (χ4v) is 3.86. The van der Waals surface area contributed by atoms with Crippen LogP contribution in [0.2, 0.25) is 0 Å². The lowest BCUT2D eigenvalue weighted by atomic mass is 9.86. The van der Waals surface area contributed by atoms with Gasteiger partial charge in [0.05, 0.1) is 11.2 Å². The van der Waals surface area contributed by atoms with E-state index >= 15 is 0 Å². The summed E-state index contributed by atoms with van der Waals surface area (Å²) in [4.78, 5) is 10.8. The van der Waals surface area contributed by atoms with E-state index in [9.17, 15) is 13.2 Å². The predicted molar refractivity (Wildman–Crippen MR) is 58.5 cm³/mol. The number of carboxylic acid groups (broad SMARTS) is 1. The standard InChI is InChI=1S/C10H17NO4S/c12-10(13)7-2-1-3-8(6-7)11-16(14,15)9-4-5-9/h7-9,11H,1-6H2,(H,12,13). The third-order valence-electron chi connectivity index (χ3n) is 3.32. The first-order valence-corrected chi connectivity index (χ1v) is 7.27. The third-order valence-corrected chi connectivity index (χ3v) is 5.33. The molecule has 2 unspecified atom stereocenters. The lowest BCUT2D eigenvalue weighted by molar-refractivity contribution is -0.143. The van der Waals surface area contributed by atoms with Crippen molar-refractivity contribution in [2.45, 2.75) is 49.8 Å². The molecule has 2 fully saturated rings. The molecule has 0 amide bonds. The van der Waals surface area contributed by atoms with E-state index in [-0.39, 0.29) is 17.2 Å². The van der Waals surface area contributed by atoms with Crippen molar-refractivity contribution in [1.29, 1.82) is 0 Å². The average molecular weight is 247 g/mol. The van der Waals surface area contributed by atoms with E-state index in [2.05, 4.69) is 4.72 Å². The zero-order valence-electron chi connectivity index (χ0n) is 9.05. The number of nitrogens with one attached hydrogen (secondary N) is 1. The van der Waals surface area contributed by atoms with Gasteiger partial charge in [0.25, 0.3) is 0 Å². The highest BCUT2D eigenvalue weighted by Gasteiger charge is 2.38. The van der Waals surface area contributed by atoms with Crippen LogP contribution in [0.3, 0.4) is 0 Å². The molecular weight excluding hydrogens is 230 g/mol. The maximum Gasteiger partial charge on any atom is 0.306 e. The Balaban J connectivity index is 1.92. The van der Waals surface area contributed by atoms with Crippen molar-refractivity contribution in [2.24, 2.45) is 5.92 Å². The maximum absolute atomic E-state index is 11.7. The predicted octanol–water partition coefficient (Wildman–Crippen LogP) is 0.712. The molecular formula is C10H17NO4S. The second kappa shape index (κ2) is 4.33. The molecule has 0 radical (unpaired) electrons. The van der Waals surface area contributed by atoms with Gasteiger partial charge in [-0.3, -0.25) is 4.79 Å². The van der Waals surface area contributed by atoms with Gasteiger partial charge in [-0.05, 0) is 32.1 Å². The molecule has 0 saturated heterocycles. The highest BCUT2D eigenvalue weighted by Crippen LogP contribution is 2.30. The molecule has 16 heavy (non-hydrogen) atoms. The molecule has 0 heterocycles. The number of hydrogen-bond acceptors (Lipinski definition) is 3. The van der Waals surface area contributed by atoms with Crippen LogP contribution in [0.4, 0.5) is 0 Å². The van der Waals surface area contributed by atoms with E-state index in [1.807, 2.05) is 0 Å². The van der Waals surface area contributed by atoms with Crippen LogP contribution in [-0.4, -0.2) is 30.8 Å². The largest absolute Gasteiger partial charge is 0.481 e. The summed E-state index contributed by atoms with van der Waals surface area (Å²) in [6, 6.07) is -0.180. The van der Waals surface area contributed by atoms with E-state index < -0.39 is 16.0 Å². The first-order valence-electron chi connectivity index (χ1n) is 5.73. The summed E-state index contributed by atoms with van der Waals surface area (Å²) in [5.74, 6) is -1.20. The van der Waals surface area contributed by atoms with Gasteiger partial charge < -0.3 is 5.11 Å². The lowest BCUT2D eigenvalue weighted by Crippen LogP contribution is -2.41. The van der Waals surface area contributed by atoms with Gasteiger partial charge in [-0.25, -0.2) is 13.1 Å². The SMILES string of the molecule is O=C(O)C1CCCC(NS(=O)(=O)C2CC2)C1. The van der Waals surface area contributed by atoms with Crippen LogP contribution in [-0.2, 0) is 14.8 Å². The molecule has 6 heteroatoms. The zero-order chi connectivity index (χ0) is 11.8. The third kappa shape index (κ3) is 2.74. The molecule has 2 aliphatic rings. The number of sulfonamides is 1. The van der Waals surface area contributed by atoms with Gasteiger partial charge in [0, 0.05) is 6.04 Å². The summed E-state index contributed by atoms with van der Waals surface area (Å²) < 4.78 is 26.0. The maximum atomic E-state index is 11.7. The Labute approximate surface area is 95.3 Å². The van der Waals surface area contributed by atoms with Crippen molar-refractivity contribution < 1.29 is 18.3 Å². The summed E-state index contributed by atoms with van der Waals surface area (Å²) in [5.41, 5.74) is 0. The van der Waals surface area contributed by atoms with Crippen molar-refractivity contribution in [3.63, 3.8) is 0 Å². The first kappa shape index (κ1) is 11.9. The van der Waals surface area contributed by atoms with Gasteiger partial charge in [0.2, 0.25) is 10.0 Å². The van der Waals surface area contributed by atoms with Crippen LogP contribution in [0.5, 0.6) is 0 Å². The Kier molecular flexibility index (Phi) is 3.21. The van der Waals surface area contributed by atoms with Gasteiger partial charge in [-0.15, -0.1) is 0 Å². The van der Waals surface area contributed by atoms with Gasteiger partial charge in [0.15, 0.2) is 0 Å². The van der Waals surface area contributed by atoms with E-state index in [1.54, 1.807) is 0 Å². The Bertz CT molecular complexity index is 374. The molecule has 2 N–H and O–H groups in total. The number of rotatable bonds is 4. The van der Waals surface area contributed by atoms with Crippen molar-refractivity contribution in [3.05, 3.63) is 0 Å². The number of carboxylic acids is 1. The highest BCUT2D eigenvalue weighted by molar-refractivity contribution is 7.90. The minimum Gasteiger partial charge on any atom is -0.481 e. The van der Waals surface area contributed by atoms with Crippen LogP contribution >= 0.6 is 0 Å². The minimum absolute atomic E-state index is 0.180. The summed E-state index contributed by atoms with van der Waals surface area (Å²) in [6.45, 7) is 0. The number of carbonyl (C=O) groups is 1. The van der Waals surface area contributed by atoms with E-state index in [0.717, 1.165) is 25.7 Å². The second-order valence-corrected chi connectivity index (χ2v) is 6.75. The Morgan fingerprint density at radius 3 is 2.44 bits per heavy atom. The Hall–Kier alpha value is -0.620. The lowest BCUT2D eigenvalue weighted by Gasteiger charge is -2.27. The molecule has 0 spiro atoms. The first-order chi connectivity index (χ1) is 7.49. The van der Waals surface area contributed by atoms with Crippen molar-refractivity contribution in [1.82, 2.24) is 4.72 Å². The molecule has 0 aromatic heterocycles. The molecule has 0 aromatic carbocycles. The summed E-state index contributed by atoms with van der Waals surface area (Å²) >= 11 is 0. The molecule has 2 atom stereocenters. The Morgan fingerprint density at radius 2 is 1.88 bits per heavy atom. The van der Waals surface area contributed by atoms with Crippen molar-refractivity contribution >= 4 is 16.0 Å². The molecule has 0 bridgehead atoms. The molecule has 2 aliphatic carbocycles. The fraction of sp³-hybridized carbons (Fsp3) is 0.900. The van der Waals surface area contributed by atoms with Crippen LogP contribution in [0, 0.1) is 5.92 Å². The van der Waals surface area contributed by atoms with Gasteiger partial charge >= 0.3 is 5.97 Å². The summed E-state index contributed by atoms with van der Waals surface area (Å²) in [5, 5.41) is 8.67. The van der Waals surface area contributed by atoms with Crippen molar-refractivity contribution in [3.8, 4) is 0 Å². The van der Waals surface area contributed by atoms with Crippen LogP contribution < -0.4 is 4.72 Å². The summed E-state index contributed by atoms with van der Waals surface area (Å²) in [6.07, 6.45) is 4.12. The molecule has 0 aromatic rings. The smallest absolute Gasteiger partial charge is 0.306 e. The van der Waals surface area contributed by atoms with Crippen LogP contribution in [0.25, 0.3) is 0 Å². The highest BCUT2D eigenvalue weighted by atomic mass is 32.2. The van der Waals surface area contributed by atoms with Crippen molar-refractivity contribution in [2.75, 3.05) is 0 Å². The van der Waals surface area contributed by atoms with E-state index in [1.165, 1.54) is 0 Å². The zero-order valence-corrected chi connectivity index (χ0v) is 9.87. The fourth-order valence-electron chi connectivity index (χ4n) is 2.23. The summed E-state index contributed by atoms with van der Waals surface area (Å²) in [7, 11) is -3.18. The number of hydrogen-bond donors (Lipinski definition) is 2.